The van der Waals surface area contributed by atoms with E-state index < -0.39 is 0 Å². The van der Waals surface area contributed by atoms with Crippen LogP contribution in [0.3, 0.4) is 0 Å². The molecule has 5 heteroatoms. The van der Waals surface area contributed by atoms with Gasteiger partial charge in [-0.25, -0.2) is 0 Å². The van der Waals surface area contributed by atoms with Crippen LogP contribution in [0.2, 0.25) is 5.02 Å². The fraction of sp³-hybridized carbons (Fsp3) is 0.222. The SMILES string of the molecule is CN=C(NCc1ccc(C#N)cc1)N(C)Cc1ccc(Cl)cc1. The van der Waals surface area contributed by atoms with Crippen LogP contribution < -0.4 is 5.32 Å². The summed E-state index contributed by atoms with van der Waals surface area (Å²) in [5.74, 6) is 0.810. The Morgan fingerprint density at radius 3 is 2.30 bits per heavy atom. The fourth-order valence-electron chi connectivity index (χ4n) is 2.20. The predicted octanol–water partition coefficient (Wildman–Crippen LogP) is 3.42. The summed E-state index contributed by atoms with van der Waals surface area (Å²) in [6.45, 7) is 1.40. The van der Waals surface area contributed by atoms with Crippen molar-refractivity contribution in [2.45, 2.75) is 13.1 Å². The van der Waals surface area contributed by atoms with Crippen LogP contribution in [0.1, 0.15) is 16.7 Å². The Kier molecular flexibility index (Phi) is 6.02. The fourth-order valence-corrected chi connectivity index (χ4v) is 2.33. The van der Waals surface area contributed by atoms with Crippen molar-refractivity contribution in [3.63, 3.8) is 0 Å². The second-order valence-electron chi connectivity index (χ2n) is 5.19. The second-order valence-corrected chi connectivity index (χ2v) is 5.63. The molecule has 0 saturated heterocycles. The average Bonchev–Trinajstić information content (AvgIpc) is 2.58. The number of hydrogen-bond acceptors (Lipinski definition) is 2. The van der Waals surface area contributed by atoms with E-state index in [1.54, 1.807) is 7.05 Å². The van der Waals surface area contributed by atoms with Crippen LogP contribution in [0.5, 0.6) is 0 Å². The number of aliphatic imine (C=N–C) groups is 1. The van der Waals surface area contributed by atoms with E-state index in [1.165, 1.54) is 5.56 Å². The van der Waals surface area contributed by atoms with E-state index in [1.807, 2.05) is 60.5 Å². The molecule has 0 aliphatic heterocycles. The molecule has 0 saturated carbocycles. The topological polar surface area (TPSA) is 51.4 Å². The van der Waals surface area contributed by atoms with Crippen molar-refractivity contribution in [2.24, 2.45) is 4.99 Å². The molecule has 2 rings (SSSR count). The summed E-state index contributed by atoms with van der Waals surface area (Å²) < 4.78 is 0. The molecule has 0 spiro atoms. The van der Waals surface area contributed by atoms with Gasteiger partial charge in [-0.15, -0.1) is 0 Å². The van der Waals surface area contributed by atoms with Crippen molar-refractivity contribution in [1.82, 2.24) is 10.2 Å². The van der Waals surface area contributed by atoms with E-state index in [0.29, 0.717) is 12.1 Å². The summed E-state index contributed by atoms with van der Waals surface area (Å²) in [5, 5.41) is 12.9. The molecule has 4 nitrogen and oxygen atoms in total. The first-order valence-corrected chi connectivity index (χ1v) is 7.65. The van der Waals surface area contributed by atoms with E-state index in [2.05, 4.69) is 16.4 Å². The molecular formula is C18H19ClN4. The zero-order valence-corrected chi connectivity index (χ0v) is 14.0. The molecule has 118 valence electrons. The summed E-state index contributed by atoms with van der Waals surface area (Å²) in [7, 11) is 3.75. The van der Waals surface area contributed by atoms with Gasteiger partial charge < -0.3 is 10.2 Å². The number of rotatable bonds is 4. The lowest BCUT2D eigenvalue weighted by molar-refractivity contribution is 0.476. The molecule has 2 aromatic rings. The number of hydrogen-bond donors (Lipinski definition) is 1. The van der Waals surface area contributed by atoms with E-state index in [-0.39, 0.29) is 0 Å². The third-order valence-electron chi connectivity index (χ3n) is 3.44. The van der Waals surface area contributed by atoms with Crippen molar-refractivity contribution in [3.05, 3.63) is 70.2 Å². The highest BCUT2D eigenvalue weighted by Gasteiger charge is 2.06. The minimum Gasteiger partial charge on any atom is -0.352 e. The predicted molar refractivity (Wildman–Crippen MR) is 94.3 cm³/mol. The Balaban J connectivity index is 1.93. The third kappa shape index (κ3) is 5.01. The maximum atomic E-state index is 8.82. The van der Waals surface area contributed by atoms with Crippen molar-refractivity contribution in [1.29, 1.82) is 5.26 Å². The summed E-state index contributed by atoms with van der Waals surface area (Å²) in [4.78, 5) is 6.35. The molecule has 0 unspecified atom stereocenters. The monoisotopic (exact) mass is 326 g/mol. The molecule has 0 fully saturated rings. The van der Waals surface area contributed by atoms with Crippen molar-refractivity contribution < 1.29 is 0 Å². The molecule has 0 aliphatic carbocycles. The normalized spacial score (nSPS) is 11.0. The Labute approximate surface area is 142 Å². The second kappa shape index (κ2) is 8.21. The molecule has 0 heterocycles. The lowest BCUT2D eigenvalue weighted by atomic mass is 10.1. The maximum Gasteiger partial charge on any atom is 0.193 e. The number of guanidine groups is 1. The van der Waals surface area contributed by atoms with E-state index in [0.717, 1.165) is 23.1 Å². The standard InChI is InChI=1S/C18H19ClN4/c1-21-18(22-12-15-5-3-14(11-20)4-6-15)23(2)13-16-7-9-17(19)10-8-16/h3-10H,12-13H2,1-2H3,(H,21,22). The summed E-state index contributed by atoms with van der Waals surface area (Å²) in [6.07, 6.45) is 0. The first-order chi connectivity index (χ1) is 11.1. The van der Waals surface area contributed by atoms with Gasteiger partial charge in [0.05, 0.1) is 11.6 Å². The van der Waals surface area contributed by atoms with Gasteiger partial charge in [-0.05, 0) is 35.4 Å². The number of nitrogens with zero attached hydrogens (tertiary/aromatic N) is 3. The number of nitriles is 1. The maximum absolute atomic E-state index is 8.82. The molecular weight excluding hydrogens is 308 g/mol. The molecule has 0 aromatic heterocycles. The molecule has 2 aromatic carbocycles. The summed E-state index contributed by atoms with van der Waals surface area (Å²) in [5.41, 5.74) is 2.93. The van der Waals surface area contributed by atoms with Gasteiger partial charge in [0, 0.05) is 32.2 Å². The lowest BCUT2D eigenvalue weighted by Gasteiger charge is -2.22. The molecule has 1 N–H and O–H groups in total. The highest BCUT2D eigenvalue weighted by molar-refractivity contribution is 6.30. The average molecular weight is 327 g/mol. The highest BCUT2D eigenvalue weighted by atomic mass is 35.5. The first kappa shape index (κ1) is 16.9. The first-order valence-electron chi connectivity index (χ1n) is 7.27. The van der Waals surface area contributed by atoms with E-state index in [9.17, 15) is 0 Å². The number of halogens is 1. The van der Waals surface area contributed by atoms with Crippen LogP contribution in [0.15, 0.2) is 53.5 Å². The van der Waals surface area contributed by atoms with Gasteiger partial charge in [-0.2, -0.15) is 5.26 Å². The van der Waals surface area contributed by atoms with Gasteiger partial charge in [0.1, 0.15) is 0 Å². The Bertz CT molecular complexity index is 699. The van der Waals surface area contributed by atoms with Crippen LogP contribution in [-0.4, -0.2) is 25.0 Å². The zero-order valence-electron chi connectivity index (χ0n) is 13.3. The largest absolute Gasteiger partial charge is 0.352 e. The zero-order chi connectivity index (χ0) is 16.7. The molecule has 0 atom stereocenters. The number of benzene rings is 2. The Morgan fingerprint density at radius 1 is 1.13 bits per heavy atom. The van der Waals surface area contributed by atoms with Gasteiger partial charge in [0.15, 0.2) is 5.96 Å². The van der Waals surface area contributed by atoms with Gasteiger partial charge >= 0.3 is 0 Å². The van der Waals surface area contributed by atoms with E-state index >= 15 is 0 Å². The van der Waals surface area contributed by atoms with Gasteiger partial charge in [0.2, 0.25) is 0 Å². The van der Waals surface area contributed by atoms with Crippen LogP contribution in [0.25, 0.3) is 0 Å². The van der Waals surface area contributed by atoms with Gasteiger partial charge in [-0.3, -0.25) is 4.99 Å². The number of nitrogens with one attached hydrogen (secondary N) is 1. The summed E-state index contributed by atoms with van der Waals surface area (Å²) in [6, 6.07) is 17.4. The lowest BCUT2D eigenvalue weighted by Crippen LogP contribution is -2.38. The Morgan fingerprint density at radius 2 is 1.74 bits per heavy atom. The van der Waals surface area contributed by atoms with Crippen LogP contribution >= 0.6 is 11.6 Å². The van der Waals surface area contributed by atoms with Crippen molar-refractivity contribution >= 4 is 17.6 Å². The quantitative estimate of drug-likeness (QED) is 0.692. The Hall–Kier alpha value is -2.51. The minimum atomic E-state index is 0.656. The van der Waals surface area contributed by atoms with E-state index in [4.69, 9.17) is 16.9 Å². The van der Waals surface area contributed by atoms with Gasteiger partial charge in [-0.1, -0.05) is 35.9 Å². The molecule has 23 heavy (non-hydrogen) atoms. The highest BCUT2D eigenvalue weighted by Crippen LogP contribution is 2.11. The molecule has 0 aliphatic rings. The van der Waals surface area contributed by atoms with Crippen LogP contribution in [0, 0.1) is 11.3 Å². The molecule has 0 bridgehead atoms. The minimum absolute atomic E-state index is 0.656. The molecule has 0 amide bonds. The van der Waals surface area contributed by atoms with Crippen molar-refractivity contribution in [3.8, 4) is 6.07 Å². The summed E-state index contributed by atoms with van der Waals surface area (Å²) >= 11 is 5.91. The van der Waals surface area contributed by atoms with Crippen LogP contribution in [0.4, 0.5) is 0 Å². The molecule has 0 radical (unpaired) electrons. The van der Waals surface area contributed by atoms with Crippen molar-refractivity contribution in [2.75, 3.05) is 14.1 Å². The van der Waals surface area contributed by atoms with Crippen LogP contribution in [-0.2, 0) is 13.1 Å². The third-order valence-corrected chi connectivity index (χ3v) is 3.69. The smallest absolute Gasteiger partial charge is 0.193 e. The van der Waals surface area contributed by atoms with Gasteiger partial charge in [0.25, 0.3) is 0 Å².